The molecule has 1 aliphatic rings. The quantitative estimate of drug-likeness (QED) is 0.687. The molecule has 0 saturated carbocycles. The molecule has 0 N–H and O–H groups in total. The first-order chi connectivity index (χ1) is 13.6. The van der Waals surface area contributed by atoms with Gasteiger partial charge >= 0.3 is 0 Å². The molecule has 4 rings (SSSR count). The minimum absolute atomic E-state index is 0.0863. The molecule has 0 radical (unpaired) electrons. The largest absolute Gasteiger partial charge is 0.337 e. The number of aromatic nitrogens is 2. The standard InChI is InChI=1S/C22H24N4O2/c1-24(15-17-8-2-3-9-18(17)16-25-11-6-7-12-25)21(27)19-14-23-20-10-4-5-13-26(20)22(19)28/h2-5,8-10,13-14H,6-7,11-12,15-16H2,1H3. The van der Waals surface area contributed by atoms with Crippen molar-refractivity contribution in [2.45, 2.75) is 25.9 Å². The Labute approximate surface area is 164 Å². The molecule has 1 aliphatic heterocycles. The Morgan fingerprint density at radius 2 is 1.79 bits per heavy atom. The lowest BCUT2D eigenvalue weighted by molar-refractivity contribution is 0.0782. The maximum absolute atomic E-state index is 12.9. The van der Waals surface area contributed by atoms with Gasteiger partial charge in [-0.3, -0.25) is 18.9 Å². The molecule has 144 valence electrons. The SMILES string of the molecule is CN(Cc1ccccc1CN1CCCC1)C(=O)c1cnc2ccccn2c1=O. The first kappa shape index (κ1) is 18.4. The smallest absolute Gasteiger partial charge is 0.270 e. The van der Waals surface area contributed by atoms with Crippen molar-refractivity contribution < 1.29 is 4.79 Å². The van der Waals surface area contributed by atoms with Gasteiger partial charge < -0.3 is 4.90 Å². The molecule has 0 spiro atoms. The van der Waals surface area contributed by atoms with Gasteiger partial charge in [-0.1, -0.05) is 30.3 Å². The Morgan fingerprint density at radius 1 is 1.07 bits per heavy atom. The summed E-state index contributed by atoms with van der Waals surface area (Å²) in [6.07, 6.45) is 5.51. The summed E-state index contributed by atoms with van der Waals surface area (Å²) >= 11 is 0. The minimum Gasteiger partial charge on any atom is -0.337 e. The molecule has 0 unspecified atom stereocenters. The number of likely N-dealkylation sites (tertiary alicyclic amines) is 1. The van der Waals surface area contributed by atoms with Gasteiger partial charge in [-0.25, -0.2) is 4.98 Å². The molecule has 6 heteroatoms. The second-order valence-electron chi connectivity index (χ2n) is 7.32. The van der Waals surface area contributed by atoms with E-state index < -0.39 is 0 Å². The van der Waals surface area contributed by atoms with Crippen molar-refractivity contribution in [2.75, 3.05) is 20.1 Å². The van der Waals surface area contributed by atoms with Gasteiger partial charge in [-0.2, -0.15) is 0 Å². The van der Waals surface area contributed by atoms with E-state index in [-0.39, 0.29) is 17.0 Å². The van der Waals surface area contributed by atoms with Crippen molar-refractivity contribution >= 4 is 11.6 Å². The average Bonchev–Trinajstić information content (AvgIpc) is 3.22. The van der Waals surface area contributed by atoms with Crippen molar-refractivity contribution in [1.29, 1.82) is 0 Å². The number of benzene rings is 1. The zero-order valence-electron chi connectivity index (χ0n) is 16.0. The number of amides is 1. The van der Waals surface area contributed by atoms with E-state index in [1.165, 1.54) is 29.0 Å². The molecule has 2 aromatic heterocycles. The molecule has 1 saturated heterocycles. The summed E-state index contributed by atoms with van der Waals surface area (Å²) in [5, 5.41) is 0. The normalized spacial score (nSPS) is 14.5. The Balaban J connectivity index is 1.56. The van der Waals surface area contributed by atoms with Crippen LogP contribution in [-0.4, -0.2) is 45.2 Å². The van der Waals surface area contributed by atoms with Crippen LogP contribution in [0.25, 0.3) is 5.65 Å². The third kappa shape index (κ3) is 3.68. The van der Waals surface area contributed by atoms with Gasteiger partial charge in [-0.05, 0) is 49.2 Å². The fraction of sp³-hybridized carbons (Fsp3) is 0.318. The van der Waals surface area contributed by atoms with Gasteiger partial charge in [0.25, 0.3) is 11.5 Å². The van der Waals surface area contributed by atoms with Crippen LogP contribution in [0.2, 0.25) is 0 Å². The van der Waals surface area contributed by atoms with Crippen LogP contribution in [0, 0.1) is 0 Å². The fourth-order valence-corrected chi connectivity index (χ4v) is 3.75. The molecule has 28 heavy (non-hydrogen) atoms. The number of hydrogen-bond donors (Lipinski definition) is 0. The van der Waals surface area contributed by atoms with Crippen LogP contribution in [0.3, 0.4) is 0 Å². The summed E-state index contributed by atoms with van der Waals surface area (Å²) in [5.41, 5.74) is 2.62. The highest BCUT2D eigenvalue weighted by Gasteiger charge is 2.19. The highest BCUT2D eigenvalue weighted by Crippen LogP contribution is 2.17. The lowest BCUT2D eigenvalue weighted by Crippen LogP contribution is -2.33. The maximum Gasteiger partial charge on any atom is 0.270 e. The van der Waals surface area contributed by atoms with E-state index in [0.29, 0.717) is 12.2 Å². The van der Waals surface area contributed by atoms with E-state index in [9.17, 15) is 9.59 Å². The lowest BCUT2D eigenvalue weighted by Gasteiger charge is -2.21. The lowest BCUT2D eigenvalue weighted by atomic mass is 10.1. The number of fused-ring (bicyclic) bond motifs is 1. The van der Waals surface area contributed by atoms with Gasteiger partial charge in [0, 0.05) is 32.5 Å². The van der Waals surface area contributed by atoms with Gasteiger partial charge in [0.15, 0.2) is 0 Å². The summed E-state index contributed by atoms with van der Waals surface area (Å²) in [7, 11) is 1.73. The van der Waals surface area contributed by atoms with Crippen molar-refractivity contribution in [2.24, 2.45) is 0 Å². The Hall–Kier alpha value is -2.99. The molecule has 3 aromatic rings. The summed E-state index contributed by atoms with van der Waals surface area (Å²) in [6, 6.07) is 13.5. The molecule has 0 aliphatic carbocycles. The predicted molar refractivity (Wildman–Crippen MR) is 108 cm³/mol. The van der Waals surface area contributed by atoms with Crippen molar-refractivity contribution in [1.82, 2.24) is 19.2 Å². The van der Waals surface area contributed by atoms with E-state index in [1.807, 2.05) is 18.2 Å². The zero-order chi connectivity index (χ0) is 19.5. The molecule has 0 bridgehead atoms. The summed E-state index contributed by atoms with van der Waals surface area (Å²) in [5.74, 6) is -0.313. The molecular formula is C22H24N4O2. The van der Waals surface area contributed by atoms with Crippen LogP contribution in [-0.2, 0) is 13.1 Å². The topological polar surface area (TPSA) is 57.9 Å². The van der Waals surface area contributed by atoms with Gasteiger partial charge in [0.1, 0.15) is 11.2 Å². The van der Waals surface area contributed by atoms with Crippen LogP contribution in [0.4, 0.5) is 0 Å². The molecule has 3 heterocycles. The predicted octanol–water partition coefficient (Wildman–Crippen LogP) is 2.56. The van der Waals surface area contributed by atoms with Crippen LogP contribution in [0.1, 0.15) is 34.3 Å². The van der Waals surface area contributed by atoms with Crippen molar-refractivity contribution in [3.05, 3.63) is 81.9 Å². The van der Waals surface area contributed by atoms with Crippen LogP contribution < -0.4 is 5.56 Å². The summed E-state index contributed by atoms with van der Waals surface area (Å²) in [4.78, 5) is 33.9. The number of pyridine rings is 1. The monoisotopic (exact) mass is 376 g/mol. The number of carbonyl (C=O) groups is 1. The second kappa shape index (κ2) is 7.94. The van der Waals surface area contributed by atoms with E-state index >= 15 is 0 Å². The van der Waals surface area contributed by atoms with E-state index in [4.69, 9.17) is 0 Å². The van der Waals surface area contributed by atoms with E-state index in [1.54, 1.807) is 30.3 Å². The summed E-state index contributed by atoms with van der Waals surface area (Å²) < 4.78 is 1.41. The van der Waals surface area contributed by atoms with Crippen molar-refractivity contribution in [3.8, 4) is 0 Å². The average molecular weight is 376 g/mol. The maximum atomic E-state index is 12.9. The molecule has 0 atom stereocenters. The first-order valence-electron chi connectivity index (χ1n) is 9.64. The first-order valence-corrected chi connectivity index (χ1v) is 9.64. The molecular weight excluding hydrogens is 352 g/mol. The van der Waals surface area contributed by atoms with E-state index in [2.05, 4.69) is 22.0 Å². The third-order valence-corrected chi connectivity index (χ3v) is 5.31. The fourth-order valence-electron chi connectivity index (χ4n) is 3.75. The zero-order valence-corrected chi connectivity index (χ0v) is 16.0. The molecule has 6 nitrogen and oxygen atoms in total. The number of hydrogen-bond acceptors (Lipinski definition) is 4. The Kier molecular flexibility index (Phi) is 5.21. The van der Waals surface area contributed by atoms with Gasteiger partial charge in [-0.15, -0.1) is 0 Å². The van der Waals surface area contributed by atoms with Crippen LogP contribution in [0.15, 0.2) is 59.7 Å². The highest BCUT2D eigenvalue weighted by molar-refractivity contribution is 5.93. The van der Waals surface area contributed by atoms with Crippen LogP contribution >= 0.6 is 0 Å². The number of nitrogens with zero attached hydrogens (tertiary/aromatic N) is 4. The van der Waals surface area contributed by atoms with Gasteiger partial charge in [0.05, 0.1) is 0 Å². The number of carbonyl (C=O) groups excluding carboxylic acids is 1. The van der Waals surface area contributed by atoms with E-state index in [0.717, 1.165) is 25.2 Å². The molecule has 1 aromatic carbocycles. The molecule has 1 amide bonds. The third-order valence-electron chi connectivity index (χ3n) is 5.31. The Morgan fingerprint density at radius 3 is 2.57 bits per heavy atom. The van der Waals surface area contributed by atoms with Crippen LogP contribution in [0.5, 0.6) is 0 Å². The van der Waals surface area contributed by atoms with Gasteiger partial charge in [0.2, 0.25) is 0 Å². The highest BCUT2D eigenvalue weighted by atomic mass is 16.2. The second-order valence-corrected chi connectivity index (χ2v) is 7.32. The summed E-state index contributed by atoms with van der Waals surface area (Å²) in [6.45, 7) is 3.61. The number of rotatable bonds is 5. The molecule has 1 fully saturated rings. The minimum atomic E-state index is -0.340. The Bertz CT molecular complexity index is 1050. The van der Waals surface area contributed by atoms with Crippen molar-refractivity contribution in [3.63, 3.8) is 0 Å².